The van der Waals surface area contributed by atoms with Gasteiger partial charge in [0.15, 0.2) is 0 Å². The number of aromatic nitrogens is 1. The van der Waals surface area contributed by atoms with Crippen LogP contribution in [0.15, 0.2) is 54.6 Å². The summed E-state index contributed by atoms with van der Waals surface area (Å²) in [5.41, 5.74) is 9.66. The second-order valence-electron chi connectivity index (χ2n) is 7.75. The van der Waals surface area contributed by atoms with Crippen molar-refractivity contribution in [1.29, 1.82) is 5.26 Å². The normalized spacial score (nSPS) is 15.9. The number of hydrogen-bond acceptors (Lipinski definition) is 6. The number of nitriles is 1. The van der Waals surface area contributed by atoms with E-state index < -0.39 is 0 Å². The van der Waals surface area contributed by atoms with Gasteiger partial charge in [-0.05, 0) is 54.6 Å². The predicted octanol–water partition coefficient (Wildman–Crippen LogP) is 4.00. The molecule has 0 amide bonds. The Morgan fingerprint density at radius 3 is 2.77 bits per heavy atom. The molecule has 1 saturated heterocycles. The van der Waals surface area contributed by atoms with Gasteiger partial charge in [-0.15, -0.1) is 0 Å². The SMILES string of the molecule is N#Cc1c(C2CCCNC2)cc(-c2c(O)cccc2OCCc2ccccc2)nc1N. The Labute approximate surface area is 182 Å². The quantitative estimate of drug-likeness (QED) is 0.563. The van der Waals surface area contributed by atoms with Gasteiger partial charge in [0.05, 0.1) is 23.4 Å². The number of nitrogen functional groups attached to an aromatic ring is 1. The molecule has 4 rings (SSSR count). The molecule has 0 aliphatic carbocycles. The standard InChI is InChI=1S/C25H26N4O2/c26-15-20-19(18-8-5-12-28-16-18)14-21(29-25(20)27)24-22(30)9-4-10-23(24)31-13-11-17-6-2-1-3-7-17/h1-4,6-7,9-10,14,18,28,30H,5,8,11-13,16H2,(H2,27,29). The van der Waals surface area contributed by atoms with E-state index in [-0.39, 0.29) is 17.5 Å². The van der Waals surface area contributed by atoms with Crippen LogP contribution in [0.4, 0.5) is 5.82 Å². The number of pyridine rings is 1. The van der Waals surface area contributed by atoms with E-state index in [4.69, 9.17) is 10.5 Å². The van der Waals surface area contributed by atoms with Crippen molar-refractivity contribution >= 4 is 5.82 Å². The van der Waals surface area contributed by atoms with Crippen molar-refractivity contribution in [3.05, 3.63) is 71.3 Å². The number of hydrogen-bond donors (Lipinski definition) is 3. The molecule has 1 aliphatic rings. The van der Waals surface area contributed by atoms with Crippen LogP contribution in [0.3, 0.4) is 0 Å². The molecule has 0 saturated carbocycles. The molecule has 0 spiro atoms. The highest BCUT2D eigenvalue weighted by atomic mass is 16.5. The van der Waals surface area contributed by atoms with E-state index in [1.807, 2.05) is 30.3 Å². The fourth-order valence-corrected chi connectivity index (χ4v) is 4.10. The highest BCUT2D eigenvalue weighted by Gasteiger charge is 2.23. The molecule has 2 aromatic carbocycles. The number of ether oxygens (including phenoxy) is 1. The number of phenolic OH excluding ortho intramolecular Hbond substituents is 1. The molecular formula is C25H26N4O2. The molecule has 0 radical (unpaired) electrons. The molecule has 0 bridgehead atoms. The Kier molecular flexibility index (Phi) is 6.34. The van der Waals surface area contributed by atoms with Crippen molar-refractivity contribution < 1.29 is 9.84 Å². The van der Waals surface area contributed by atoms with Crippen LogP contribution in [-0.2, 0) is 6.42 Å². The Hall–Kier alpha value is -3.56. The van der Waals surface area contributed by atoms with Crippen molar-refractivity contribution in [3.63, 3.8) is 0 Å². The van der Waals surface area contributed by atoms with E-state index in [1.54, 1.807) is 12.1 Å². The minimum absolute atomic E-state index is 0.0709. The first-order valence-corrected chi connectivity index (χ1v) is 10.6. The maximum absolute atomic E-state index is 10.6. The van der Waals surface area contributed by atoms with E-state index in [2.05, 4.69) is 28.5 Å². The maximum Gasteiger partial charge on any atom is 0.142 e. The summed E-state index contributed by atoms with van der Waals surface area (Å²) in [5, 5.41) is 23.7. The number of nitrogens with zero attached hydrogens (tertiary/aromatic N) is 2. The Balaban J connectivity index is 1.67. The number of aromatic hydroxyl groups is 1. The van der Waals surface area contributed by atoms with Crippen LogP contribution < -0.4 is 15.8 Å². The highest BCUT2D eigenvalue weighted by molar-refractivity contribution is 5.76. The number of rotatable bonds is 6. The second kappa shape index (κ2) is 9.50. The summed E-state index contributed by atoms with van der Waals surface area (Å²) in [6, 6.07) is 19.4. The van der Waals surface area contributed by atoms with Crippen molar-refractivity contribution in [1.82, 2.24) is 10.3 Å². The lowest BCUT2D eigenvalue weighted by atomic mass is 9.88. The predicted molar refractivity (Wildman–Crippen MR) is 121 cm³/mol. The third-order valence-electron chi connectivity index (χ3n) is 5.68. The zero-order valence-electron chi connectivity index (χ0n) is 17.3. The minimum Gasteiger partial charge on any atom is -0.507 e. The van der Waals surface area contributed by atoms with Gasteiger partial charge in [-0.2, -0.15) is 5.26 Å². The lowest BCUT2D eigenvalue weighted by molar-refractivity contribution is 0.321. The average Bonchev–Trinajstić information content (AvgIpc) is 2.80. The first-order chi connectivity index (χ1) is 15.2. The van der Waals surface area contributed by atoms with Gasteiger partial charge >= 0.3 is 0 Å². The number of phenols is 1. The van der Waals surface area contributed by atoms with Crippen LogP contribution in [0.2, 0.25) is 0 Å². The number of anilines is 1. The van der Waals surface area contributed by atoms with Crippen LogP contribution in [0.25, 0.3) is 11.3 Å². The number of piperidine rings is 1. The largest absolute Gasteiger partial charge is 0.507 e. The first kappa shape index (κ1) is 20.7. The van der Waals surface area contributed by atoms with Crippen LogP contribution in [-0.4, -0.2) is 29.8 Å². The van der Waals surface area contributed by atoms with Gasteiger partial charge in [-0.25, -0.2) is 4.98 Å². The zero-order valence-corrected chi connectivity index (χ0v) is 17.3. The summed E-state index contributed by atoms with van der Waals surface area (Å²) in [6.45, 7) is 2.23. The molecule has 31 heavy (non-hydrogen) atoms. The number of benzene rings is 2. The summed E-state index contributed by atoms with van der Waals surface area (Å²) >= 11 is 0. The van der Waals surface area contributed by atoms with Crippen molar-refractivity contribution in [3.8, 4) is 28.8 Å². The Bertz CT molecular complexity index is 1090. The van der Waals surface area contributed by atoms with E-state index in [0.717, 1.165) is 37.9 Å². The van der Waals surface area contributed by atoms with Gasteiger partial charge in [-0.3, -0.25) is 0 Å². The summed E-state index contributed by atoms with van der Waals surface area (Å²) in [5.74, 6) is 0.974. The summed E-state index contributed by atoms with van der Waals surface area (Å²) < 4.78 is 6.04. The lowest BCUT2D eigenvalue weighted by Crippen LogP contribution is -2.29. The molecule has 1 unspecified atom stereocenters. The van der Waals surface area contributed by atoms with Crippen LogP contribution >= 0.6 is 0 Å². The van der Waals surface area contributed by atoms with Gasteiger partial charge in [0.2, 0.25) is 0 Å². The van der Waals surface area contributed by atoms with Gasteiger partial charge in [-0.1, -0.05) is 36.4 Å². The van der Waals surface area contributed by atoms with E-state index in [9.17, 15) is 10.4 Å². The molecule has 1 fully saturated rings. The fraction of sp³-hybridized carbons (Fsp3) is 0.280. The fourth-order valence-electron chi connectivity index (χ4n) is 4.10. The molecule has 1 aromatic heterocycles. The maximum atomic E-state index is 10.6. The third kappa shape index (κ3) is 4.62. The Morgan fingerprint density at radius 1 is 1.19 bits per heavy atom. The van der Waals surface area contributed by atoms with Gasteiger partial charge in [0.25, 0.3) is 0 Å². The van der Waals surface area contributed by atoms with E-state index in [1.165, 1.54) is 5.56 Å². The molecule has 4 N–H and O–H groups in total. The molecule has 2 heterocycles. The van der Waals surface area contributed by atoms with Crippen molar-refractivity contribution in [2.24, 2.45) is 0 Å². The van der Waals surface area contributed by atoms with E-state index >= 15 is 0 Å². The molecule has 3 aromatic rings. The molecule has 6 nitrogen and oxygen atoms in total. The van der Waals surface area contributed by atoms with E-state index in [0.29, 0.717) is 29.2 Å². The highest BCUT2D eigenvalue weighted by Crippen LogP contribution is 2.40. The Morgan fingerprint density at radius 2 is 2.03 bits per heavy atom. The number of nitrogens with two attached hydrogens (primary N) is 1. The summed E-state index contributed by atoms with van der Waals surface area (Å²) in [4.78, 5) is 4.45. The van der Waals surface area contributed by atoms with Crippen LogP contribution in [0.1, 0.15) is 35.4 Å². The summed E-state index contributed by atoms with van der Waals surface area (Å²) in [7, 11) is 0. The zero-order chi connectivity index (χ0) is 21.6. The number of nitrogens with one attached hydrogen (secondary N) is 1. The van der Waals surface area contributed by atoms with Gasteiger partial charge in [0, 0.05) is 13.0 Å². The average molecular weight is 415 g/mol. The molecule has 6 heteroatoms. The van der Waals surface area contributed by atoms with Gasteiger partial charge in [0.1, 0.15) is 23.4 Å². The topological polar surface area (TPSA) is 104 Å². The monoisotopic (exact) mass is 414 g/mol. The molecule has 1 aliphatic heterocycles. The minimum atomic E-state index is 0.0709. The first-order valence-electron chi connectivity index (χ1n) is 10.6. The lowest BCUT2D eigenvalue weighted by Gasteiger charge is -2.25. The van der Waals surface area contributed by atoms with Crippen molar-refractivity contribution in [2.45, 2.75) is 25.2 Å². The molecule has 1 atom stereocenters. The molecular weight excluding hydrogens is 388 g/mol. The molecule has 158 valence electrons. The second-order valence-corrected chi connectivity index (χ2v) is 7.75. The van der Waals surface area contributed by atoms with Crippen LogP contribution in [0, 0.1) is 11.3 Å². The van der Waals surface area contributed by atoms with Crippen LogP contribution in [0.5, 0.6) is 11.5 Å². The van der Waals surface area contributed by atoms with Gasteiger partial charge < -0.3 is 20.9 Å². The smallest absolute Gasteiger partial charge is 0.142 e. The third-order valence-corrected chi connectivity index (χ3v) is 5.68. The summed E-state index contributed by atoms with van der Waals surface area (Å²) in [6.07, 6.45) is 2.77. The van der Waals surface area contributed by atoms with Crippen molar-refractivity contribution in [2.75, 3.05) is 25.4 Å².